The first kappa shape index (κ1) is 62.9. The molecule has 66 heavy (non-hydrogen) atoms. The maximum absolute atomic E-state index is 13.1. The summed E-state index contributed by atoms with van der Waals surface area (Å²) in [4.78, 5) is 13.1. The molecule has 0 saturated carbocycles. The van der Waals surface area contributed by atoms with Crippen LogP contribution in [0, 0.1) is 0 Å². The number of carbonyl (C=O) groups excluding carboxylic acids is 1. The van der Waals surface area contributed by atoms with Gasteiger partial charge < -0.3 is 40.3 Å². The zero-order valence-corrected chi connectivity index (χ0v) is 43.5. The van der Waals surface area contributed by atoms with Crippen molar-refractivity contribution < 1.29 is 39.8 Å². The number of carbonyl (C=O) groups is 1. The summed E-state index contributed by atoms with van der Waals surface area (Å²) in [6, 6.07) is -0.719. The molecule has 0 aromatic carbocycles. The highest BCUT2D eigenvalue weighted by atomic mass is 16.7. The Morgan fingerprint density at radius 2 is 0.848 bits per heavy atom. The lowest BCUT2D eigenvalue weighted by atomic mass is 9.99. The average molecular weight is 939 g/mol. The maximum atomic E-state index is 13.1. The van der Waals surface area contributed by atoms with E-state index in [1.807, 2.05) is 0 Å². The van der Waals surface area contributed by atoms with Gasteiger partial charge in [-0.3, -0.25) is 4.79 Å². The molecule has 7 unspecified atom stereocenters. The van der Waals surface area contributed by atoms with Crippen LogP contribution >= 0.6 is 0 Å². The van der Waals surface area contributed by atoms with Gasteiger partial charge in [0.2, 0.25) is 5.91 Å². The first-order valence-electron chi connectivity index (χ1n) is 28.9. The molecule has 392 valence electrons. The highest BCUT2D eigenvalue weighted by Crippen LogP contribution is 2.23. The van der Waals surface area contributed by atoms with Crippen molar-refractivity contribution in [1.29, 1.82) is 0 Å². The van der Waals surface area contributed by atoms with Crippen molar-refractivity contribution in [1.82, 2.24) is 5.32 Å². The third kappa shape index (κ3) is 36.9. The number of hydrogen-bond acceptors (Lipinski definition) is 8. The maximum Gasteiger partial charge on any atom is 0.220 e. The Balaban J connectivity index is 2.20. The molecule has 0 spiro atoms. The highest BCUT2D eigenvalue weighted by molar-refractivity contribution is 5.76. The summed E-state index contributed by atoms with van der Waals surface area (Å²) in [5.74, 6) is -0.144. The summed E-state index contributed by atoms with van der Waals surface area (Å²) >= 11 is 0. The van der Waals surface area contributed by atoms with E-state index < -0.39 is 49.5 Å². The van der Waals surface area contributed by atoms with Crippen molar-refractivity contribution in [2.75, 3.05) is 13.2 Å². The monoisotopic (exact) mass is 938 g/mol. The SMILES string of the molecule is CCCCCCCCCC/C=C\CCCCCCCCCC(=O)NC(COC1OC(CO)C(O)C(O)C1O)C(O)CCCCCCCCCCCCCCCCCCCCCCCCCC. The standard InChI is InChI=1S/C57H111NO8/c1-3-5-7-9-11-13-15-17-19-21-23-24-25-26-27-29-30-32-34-36-38-40-42-44-46-51(60)50(49-65-57-56(64)55(63)54(62)52(48-59)66-57)58-53(61)47-45-43-41-39-37-35-33-31-28-22-20-18-16-14-12-10-8-6-4-2/h22,28,50-52,54-57,59-60,62-64H,3-21,23-27,29-49H2,1-2H3,(H,58,61)/b28-22-. The Morgan fingerprint density at radius 1 is 0.500 bits per heavy atom. The number of amides is 1. The van der Waals surface area contributed by atoms with E-state index in [4.69, 9.17) is 9.47 Å². The van der Waals surface area contributed by atoms with Gasteiger partial charge in [-0.05, 0) is 38.5 Å². The molecule has 0 aromatic rings. The van der Waals surface area contributed by atoms with Gasteiger partial charge in [-0.15, -0.1) is 0 Å². The van der Waals surface area contributed by atoms with Crippen molar-refractivity contribution in [2.45, 2.75) is 333 Å². The molecule has 0 aromatic heterocycles. The normalized spacial score (nSPS) is 19.8. The Kier molecular flexibility index (Phi) is 45.4. The molecule has 1 aliphatic heterocycles. The van der Waals surface area contributed by atoms with Crippen LogP contribution in [-0.2, 0) is 14.3 Å². The third-order valence-electron chi connectivity index (χ3n) is 14.1. The van der Waals surface area contributed by atoms with Crippen LogP contribution in [-0.4, -0.2) is 87.5 Å². The third-order valence-corrected chi connectivity index (χ3v) is 14.1. The average Bonchev–Trinajstić information content (AvgIpc) is 3.32. The Hall–Kier alpha value is -1.07. The van der Waals surface area contributed by atoms with E-state index in [9.17, 15) is 30.3 Å². The minimum absolute atomic E-state index is 0.136. The molecule has 9 nitrogen and oxygen atoms in total. The summed E-state index contributed by atoms with van der Waals surface area (Å²) in [7, 11) is 0. The van der Waals surface area contributed by atoms with Gasteiger partial charge >= 0.3 is 0 Å². The van der Waals surface area contributed by atoms with Gasteiger partial charge in [-0.25, -0.2) is 0 Å². The molecule has 1 heterocycles. The van der Waals surface area contributed by atoms with Gasteiger partial charge in [-0.2, -0.15) is 0 Å². The fourth-order valence-corrected chi connectivity index (χ4v) is 9.51. The first-order chi connectivity index (χ1) is 32.3. The summed E-state index contributed by atoms with van der Waals surface area (Å²) < 4.78 is 11.3. The molecular formula is C57H111NO8. The number of nitrogens with one attached hydrogen (secondary N) is 1. The Bertz CT molecular complexity index is 1040. The second kappa shape index (κ2) is 47.6. The Labute approximate surface area is 407 Å². The summed E-state index contributed by atoms with van der Waals surface area (Å²) in [5, 5.41) is 54.7. The van der Waals surface area contributed by atoms with E-state index >= 15 is 0 Å². The van der Waals surface area contributed by atoms with Crippen LogP contribution in [0.2, 0.25) is 0 Å². The molecule has 0 radical (unpaired) electrons. The van der Waals surface area contributed by atoms with Crippen LogP contribution in [0.15, 0.2) is 12.2 Å². The second-order valence-corrected chi connectivity index (χ2v) is 20.4. The van der Waals surface area contributed by atoms with Gasteiger partial charge in [-0.1, -0.05) is 257 Å². The van der Waals surface area contributed by atoms with E-state index in [1.54, 1.807) is 0 Å². The smallest absolute Gasteiger partial charge is 0.220 e. The largest absolute Gasteiger partial charge is 0.394 e. The quantitative estimate of drug-likeness (QED) is 0.0261. The van der Waals surface area contributed by atoms with Crippen molar-refractivity contribution in [2.24, 2.45) is 0 Å². The summed E-state index contributed by atoms with van der Waals surface area (Å²) in [6.07, 6.45) is 50.9. The van der Waals surface area contributed by atoms with Crippen LogP contribution in [0.4, 0.5) is 0 Å². The molecule has 7 atom stereocenters. The van der Waals surface area contributed by atoms with E-state index in [2.05, 4.69) is 31.3 Å². The zero-order chi connectivity index (χ0) is 48.0. The number of ether oxygens (including phenoxy) is 2. The van der Waals surface area contributed by atoms with Crippen molar-refractivity contribution in [3.05, 3.63) is 12.2 Å². The predicted molar refractivity (Wildman–Crippen MR) is 277 cm³/mol. The molecule has 1 amide bonds. The van der Waals surface area contributed by atoms with Crippen molar-refractivity contribution in [3.8, 4) is 0 Å². The van der Waals surface area contributed by atoms with Crippen LogP contribution < -0.4 is 5.32 Å². The van der Waals surface area contributed by atoms with Crippen LogP contribution in [0.5, 0.6) is 0 Å². The van der Waals surface area contributed by atoms with E-state index in [1.165, 1.54) is 225 Å². The first-order valence-corrected chi connectivity index (χ1v) is 28.9. The fraction of sp³-hybridized carbons (Fsp3) is 0.947. The van der Waals surface area contributed by atoms with Crippen LogP contribution in [0.25, 0.3) is 0 Å². The lowest BCUT2D eigenvalue weighted by Gasteiger charge is -2.40. The lowest BCUT2D eigenvalue weighted by molar-refractivity contribution is -0.302. The zero-order valence-electron chi connectivity index (χ0n) is 43.5. The molecular weight excluding hydrogens is 827 g/mol. The van der Waals surface area contributed by atoms with E-state index in [-0.39, 0.29) is 12.5 Å². The van der Waals surface area contributed by atoms with E-state index in [0.29, 0.717) is 12.8 Å². The highest BCUT2D eigenvalue weighted by Gasteiger charge is 2.44. The molecule has 1 aliphatic rings. The minimum atomic E-state index is -1.55. The van der Waals surface area contributed by atoms with Gasteiger partial charge in [0.15, 0.2) is 6.29 Å². The topological polar surface area (TPSA) is 149 Å². The van der Waals surface area contributed by atoms with Crippen molar-refractivity contribution >= 4 is 5.91 Å². The number of aliphatic hydroxyl groups excluding tert-OH is 5. The predicted octanol–water partition coefficient (Wildman–Crippen LogP) is 14.0. The van der Waals surface area contributed by atoms with Gasteiger partial charge in [0.1, 0.15) is 24.4 Å². The molecule has 1 rings (SSSR count). The molecule has 1 fully saturated rings. The second-order valence-electron chi connectivity index (χ2n) is 20.4. The van der Waals surface area contributed by atoms with Crippen LogP contribution in [0.3, 0.4) is 0 Å². The van der Waals surface area contributed by atoms with Gasteiger partial charge in [0, 0.05) is 6.42 Å². The number of aliphatic hydroxyl groups is 5. The molecule has 1 saturated heterocycles. The fourth-order valence-electron chi connectivity index (χ4n) is 9.51. The molecule has 0 bridgehead atoms. The van der Waals surface area contributed by atoms with Crippen molar-refractivity contribution in [3.63, 3.8) is 0 Å². The molecule has 6 N–H and O–H groups in total. The molecule has 9 heteroatoms. The minimum Gasteiger partial charge on any atom is -0.394 e. The van der Waals surface area contributed by atoms with Crippen LogP contribution in [0.1, 0.15) is 290 Å². The Morgan fingerprint density at radius 3 is 1.23 bits per heavy atom. The number of rotatable bonds is 50. The number of allylic oxidation sites excluding steroid dienone is 2. The lowest BCUT2D eigenvalue weighted by Crippen LogP contribution is -2.60. The summed E-state index contributed by atoms with van der Waals surface area (Å²) in [6.45, 7) is 3.87. The van der Waals surface area contributed by atoms with Gasteiger partial charge in [0.05, 0.1) is 25.4 Å². The summed E-state index contributed by atoms with van der Waals surface area (Å²) in [5.41, 5.74) is 0. The van der Waals surface area contributed by atoms with E-state index in [0.717, 1.165) is 38.5 Å². The molecule has 0 aliphatic carbocycles. The number of unbranched alkanes of at least 4 members (excludes halogenated alkanes) is 38. The van der Waals surface area contributed by atoms with Gasteiger partial charge in [0.25, 0.3) is 0 Å². The number of hydrogen-bond donors (Lipinski definition) is 6.